The van der Waals surface area contributed by atoms with Crippen LogP contribution in [0.1, 0.15) is 67.6 Å². The number of hydrogen-bond acceptors (Lipinski definition) is 18. The Morgan fingerprint density at radius 1 is 1.05 bits per heavy atom. The van der Waals surface area contributed by atoms with Gasteiger partial charge in [0.15, 0.2) is 10.8 Å². The Balaban J connectivity index is 1.07. The smallest absolute Gasteiger partial charge is 0.421 e. The van der Waals surface area contributed by atoms with Crippen LogP contribution < -0.4 is 21.7 Å². The van der Waals surface area contributed by atoms with Crippen molar-refractivity contribution >= 4 is 81.1 Å². The van der Waals surface area contributed by atoms with Gasteiger partial charge in [-0.15, -0.1) is 23.1 Å². The van der Waals surface area contributed by atoms with Crippen molar-refractivity contribution in [1.82, 2.24) is 15.2 Å². The number of para-hydroxylation sites is 1. The van der Waals surface area contributed by atoms with Crippen LogP contribution in [0, 0.1) is 10.1 Å². The maximum atomic E-state index is 13.5. The van der Waals surface area contributed by atoms with Crippen LogP contribution in [0.2, 0.25) is 0 Å². The van der Waals surface area contributed by atoms with E-state index in [-0.39, 0.29) is 46.2 Å². The van der Waals surface area contributed by atoms with Crippen molar-refractivity contribution < 1.29 is 52.7 Å². The van der Waals surface area contributed by atoms with Gasteiger partial charge in [-0.1, -0.05) is 23.7 Å². The molecule has 3 aliphatic rings. The number of rotatable bonds is 14. The number of nitrogens with two attached hydrogens (primary N) is 2. The molecule has 1 aliphatic carbocycles. The molecule has 3 fully saturated rings. The van der Waals surface area contributed by atoms with E-state index in [1.807, 2.05) is 0 Å². The van der Waals surface area contributed by atoms with Crippen LogP contribution in [0.25, 0.3) is 0 Å². The van der Waals surface area contributed by atoms with Gasteiger partial charge in [0, 0.05) is 22.3 Å². The number of nitrogens with zero attached hydrogens (tertiary/aromatic N) is 5. The molecule has 312 valence electrons. The largest absolute Gasteiger partial charge is 0.444 e. The number of nitrogens with one attached hydrogen (secondary N) is 1. The standard InChI is InChI=1S/C37H40N8O12S2/c1-37(2)29(44-31(48)28(32(44)59-37)41-30(47)27(24-18-58-35(39)40-24)42-57-22-8-4-3-5-9-22)34(50)56-19-55-33(49)23-10-6-7-11-25(23)43(26(46)16-38)36(51)54-17-20-12-14-21(15-13-20)45(52)53/h6-7,10-15,18,22,28-29,32H,3-5,8-9,16-17,19,38H2,1-2H3,(H2,39,40)(H,41,47)/b42-27-/t28-,29-,32+/m0/s1. The topological polar surface area (TPSA) is 278 Å². The third-order valence-corrected chi connectivity index (χ3v) is 11.9. The summed E-state index contributed by atoms with van der Waals surface area (Å²) in [6, 6.07) is 8.44. The predicted molar refractivity (Wildman–Crippen MR) is 212 cm³/mol. The number of carbonyl (C=O) groups excluding carboxylic acids is 6. The van der Waals surface area contributed by atoms with Gasteiger partial charge in [-0.2, -0.15) is 0 Å². The first-order valence-electron chi connectivity index (χ1n) is 18.3. The number of nitrogen functional groups attached to an aromatic ring is 1. The molecule has 0 radical (unpaired) electrons. The minimum Gasteiger partial charge on any atom is -0.444 e. The first-order chi connectivity index (χ1) is 28.2. The summed E-state index contributed by atoms with van der Waals surface area (Å²) in [4.78, 5) is 102. The van der Waals surface area contributed by atoms with Crippen LogP contribution in [0.5, 0.6) is 0 Å². The fourth-order valence-electron chi connectivity index (χ4n) is 6.72. The Labute approximate surface area is 344 Å². The number of β-lactam (4-membered cyclic amide) rings is 1. The Kier molecular flexibility index (Phi) is 13.1. The minimum atomic E-state index is -1.20. The number of ether oxygens (including phenoxy) is 3. The average Bonchev–Trinajstić information content (AvgIpc) is 3.77. The van der Waals surface area contributed by atoms with E-state index in [0.29, 0.717) is 10.5 Å². The van der Waals surface area contributed by atoms with Crippen molar-refractivity contribution in [2.24, 2.45) is 10.9 Å². The number of esters is 2. The number of fused-ring (bicyclic) bond motifs is 1. The number of aromatic nitrogens is 1. The van der Waals surface area contributed by atoms with Crippen molar-refractivity contribution in [3.05, 3.63) is 80.8 Å². The maximum Gasteiger partial charge on any atom is 0.421 e. The molecule has 1 aromatic heterocycles. The number of anilines is 2. The van der Waals surface area contributed by atoms with E-state index in [0.717, 1.165) is 43.4 Å². The Bertz CT molecular complexity index is 2160. The second kappa shape index (κ2) is 18.2. The highest BCUT2D eigenvalue weighted by molar-refractivity contribution is 8.01. The van der Waals surface area contributed by atoms with E-state index in [9.17, 15) is 38.9 Å². The lowest BCUT2D eigenvalue weighted by atomic mass is 9.96. The molecule has 3 aromatic rings. The number of nitro groups is 1. The molecule has 6 rings (SSSR count). The monoisotopic (exact) mass is 852 g/mol. The zero-order chi connectivity index (χ0) is 42.4. The van der Waals surface area contributed by atoms with Crippen molar-refractivity contribution in [3.63, 3.8) is 0 Å². The van der Waals surface area contributed by atoms with E-state index in [1.54, 1.807) is 19.2 Å². The summed E-state index contributed by atoms with van der Waals surface area (Å²) in [6.07, 6.45) is 3.31. The Hall–Kier alpha value is -6.13. The molecule has 0 spiro atoms. The number of carbonyl (C=O) groups is 6. The van der Waals surface area contributed by atoms with E-state index in [4.69, 9.17) is 30.5 Å². The molecule has 2 saturated heterocycles. The maximum absolute atomic E-state index is 13.5. The SMILES string of the molecule is CC1(C)S[C@@H]2[C@@H](NC(=O)/C(=N\OC3CCCCC3)c3csc(N)n3)C(=O)N2[C@H]1C(=O)OCOC(=O)c1ccccc1N(C(=O)CN)C(=O)OCc1ccc([N+](=O)[O-])cc1. The van der Waals surface area contributed by atoms with Gasteiger partial charge in [0.05, 0.1) is 22.7 Å². The lowest BCUT2D eigenvalue weighted by molar-refractivity contribution is -0.384. The van der Waals surface area contributed by atoms with Crippen LogP contribution in [0.4, 0.5) is 21.3 Å². The van der Waals surface area contributed by atoms with Gasteiger partial charge in [-0.05, 0) is 69.4 Å². The molecule has 22 heteroatoms. The van der Waals surface area contributed by atoms with Gasteiger partial charge in [0.25, 0.3) is 11.6 Å². The molecule has 3 atom stereocenters. The normalized spacial score (nSPS) is 19.8. The summed E-state index contributed by atoms with van der Waals surface area (Å²) in [7, 11) is 0. The number of thioether (sulfide) groups is 1. The van der Waals surface area contributed by atoms with E-state index in [1.165, 1.54) is 65.2 Å². The van der Waals surface area contributed by atoms with E-state index in [2.05, 4.69) is 15.5 Å². The summed E-state index contributed by atoms with van der Waals surface area (Å²) in [5, 5.41) is 18.9. The summed E-state index contributed by atoms with van der Waals surface area (Å²) in [6.45, 7) is 1.53. The lowest BCUT2D eigenvalue weighted by Crippen LogP contribution is -2.71. The van der Waals surface area contributed by atoms with Gasteiger partial charge < -0.3 is 40.7 Å². The average molecular weight is 853 g/mol. The number of hydrogen-bond donors (Lipinski definition) is 3. The fraction of sp³-hybridized carbons (Fsp3) is 0.405. The van der Waals surface area contributed by atoms with Crippen LogP contribution in [0.3, 0.4) is 0 Å². The van der Waals surface area contributed by atoms with Gasteiger partial charge in [-0.25, -0.2) is 24.3 Å². The van der Waals surface area contributed by atoms with Crippen LogP contribution in [-0.2, 0) is 44.8 Å². The summed E-state index contributed by atoms with van der Waals surface area (Å²) in [5.41, 5.74) is 11.1. The summed E-state index contributed by atoms with van der Waals surface area (Å²) in [5.74, 6) is -4.16. The fourth-order valence-corrected chi connectivity index (χ4v) is 8.89. The van der Waals surface area contributed by atoms with E-state index < -0.39 is 76.2 Å². The Morgan fingerprint density at radius 2 is 1.76 bits per heavy atom. The highest BCUT2D eigenvalue weighted by atomic mass is 32.2. The first kappa shape index (κ1) is 42.5. The van der Waals surface area contributed by atoms with Gasteiger partial charge in [-0.3, -0.25) is 24.5 Å². The second-order valence-electron chi connectivity index (χ2n) is 14.0. The van der Waals surface area contributed by atoms with Crippen LogP contribution >= 0.6 is 23.1 Å². The molecule has 2 aliphatic heterocycles. The van der Waals surface area contributed by atoms with Crippen LogP contribution in [0.15, 0.2) is 59.1 Å². The highest BCUT2D eigenvalue weighted by Crippen LogP contribution is 2.51. The highest BCUT2D eigenvalue weighted by Gasteiger charge is 2.64. The first-order valence-corrected chi connectivity index (χ1v) is 20.1. The molecule has 0 unspecified atom stereocenters. The van der Waals surface area contributed by atoms with Crippen LogP contribution in [-0.4, -0.2) is 97.9 Å². The number of nitro benzene ring substituents is 1. The number of thiazole rings is 1. The summed E-state index contributed by atoms with van der Waals surface area (Å²) >= 11 is 2.39. The molecule has 20 nitrogen and oxygen atoms in total. The van der Waals surface area contributed by atoms with Gasteiger partial charge in [0.2, 0.25) is 18.6 Å². The minimum absolute atomic E-state index is 0.133. The van der Waals surface area contributed by atoms with Crippen molar-refractivity contribution in [2.45, 2.75) is 80.9 Å². The number of imide groups is 1. The van der Waals surface area contributed by atoms with Crippen molar-refractivity contribution in [2.75, 3.05) is 24.0 Å². The zero-order valence-corrected chi connectivity index (χ0v) is 33.4. The van der Waals surface area contributed by atoms with Gasteiger partial charge in [0.1, 0.15) is 35.9 Å². The molecule has 1 saturated carbocycles. The number of non-ortho nitro benzene ring substituents is 1. The number of benzene rings is 2. The Morgan fingerprint density at radius 3 is 2.42 bits per heavy atom. The number of oxime groups is 1. The van der Waals surface area contributed by atoms with E-state index >= 15 is 0 Å². The zero-order valence-electron chi connectivity index (χ0n) is 31.8. The van der Waals surface area contributed by atoms with Crippen molar-refractivity contribution in [3.8, 4) is 0 Å². The molecular weight excluding hydrogens is 813 g/mol. The third-order valence-electron chi connectivity index (χ3n) is 9.65. The molecule has 4 amide bonds. The quantitative estimate of drug-likeness (QED) is 0.0524. The third kappa shape index (κ3) is 9.44. The summed E-state index contributed by atoms with van der Waals surface area (Å²) < 4.78 is 14.9. The molecule has 59 heavy (non-hydrogen) atoms. The number of amides is 4. The lowest BCUT2D eigenvalue weighted by Gasteiger charge is -2.43. The second-order valence-corrected chi connectivity index (χ2v) is 16.7. The predicted octanol–water partition coefficient (Wildman–Crippen LogP) is 3.22. The van der Waals surface area contributed by atoms with Crippen molar-refractivity contribution in [1.29, 1.82) is 0 Å². The molecule has 3 heterocycles. The molecule has 0 bridgehead atoms. The van der Waals surface area contributed by atoms with Gasteiger partial charge >= 0.3 is 18.0 Å². The molecular formula is C37H40N8O12S2. The molecule has 5 N–H and O–H groups in total. The molecule has 2 aromatic carbocycles.